The highest BCUT2D eigenvalue weighted by Crippen LogP contribution is 2.27. The van der Waals surface area contributed by atoms with Crippen LogP contribution in [0.4, 0.5) is 4.39 Å². The molecule has 0 bridgehead atoms. The second kappa shape index (κ2) is 5.54. The minimum absolute atomic E-state index is 0.276. The van der Waals surface area contributed by atoms with Gasteiger partial charge in [-0.2, -0.15) is 17.0 Å². The predicted octanol–water partition coefficient (Wildman–Crippen LogP) is 1.01. The summed E-state index contributed by atoms with van der Waals surface area (Å²) < 4.78 is 45.4. The van der Waals surface area contributed by atoms with Crippen molar-refractivity contribution in [3.63, 3.8) is 0 Å². The van der Waals surface area contributed by atoms with E-state index in [9.17, 15) is 12.8 Å². The number of halogens is 1. The molecule has 0 saturated carbocycles. The van der Waals surface area contributed by atoms with E-state index in [-0.39, 0.29) is 12.4 Å². The molecule has 7 heteroatoms. The van der Waals surface area contributed by atoms with Gasteiger partial charge in [0.05, 0.1) is 19.3 Å². The first-order chi connectivity index (χ1) is 8.93. The van der Waals surface area contributed by atoms with Crippen molar-refractivity contribution in [1.29, 1.82) is 0 Å². The van der Waals surface area contributed by atoms with Crippen LogP contribution >= 0.6 is 0 Å². The Labute approximate surface area is 112 Å². The third-order valence-corrected chi connectivity index (χ3v) is 5.04. The summed E-state index contributed by atoms with van der Waals surface area (Å²) in [6.45, 7) is 0.937. The molecule has 1 aliphatic rings. The third kappa shape index (κ3) is 2.94. The van der Waals surface area contributed by atoms with Gasteiger partial charge in [-0.05, 0) is 17.7 Å². The van der Waals surface area contributed by atoms with E-state index in [1.807, 2.05) is 0 Å². The van der Waals surface area contributed by atoms with E-state index in [1.165, 1.54) is 34.8 Å². The predicted molar refractivity (Wildman–Crippen MR) is 69.3 cm³/mol. The quantitative estimate of drug-likeness (QED) is 0.834. The zero-order valence-corrected chi connectivity index (χ0v) is 11.7. The normalized spacial score (nSPS) is 21.8. The van der Waals surface area contributed by atoms with Gasteiger partial charge in [-0.3, -0.25) is 0 Å². The minimum atomic E-state index is -3.51. The molecular formula is C12H17FN2O3S. The van der Waals surface area contributed by atoms with Crippen molar-refractivity contribution in [2.45, 2.75) is 6.04 Å². The molecule has 1 aromatic rings. The van der Waals surface area contributed by atoms with Crippen LogP contribution in [0.2, 0.25) is 0 Å². The van der Waals surface area contributed by atoms with E-state index in [2.05, 4.69) is 0 Å². The number of hydrogen-bond donors (Lipinski definition) is 0. The largest absolute Gasteiger partial charge is 0.378 e. The molecule has 0 aliphatic carbocycles. The first-order valence-corrected chi connectivity index (χ1v) is 7.35. The number of hydrogen-bond acceptors (Lipinski definition) is 3. The summed E-state index contributed by atoms with van der Waals surface area (Å²) in [5.74, 6) is -0.345. The summed E-state index contributed by atoms with van der Waals surface area (Å²) >= 11 is 0. The molecule has 19 heavy (non-hydrogen) atoms. The van der Waals surface area contributed by atoms with Gasteiger partial charge in [0.2, 0.25) is 0 Å². The highest BCUT2D eigenvalue weighted by Gasteiger charge is 2.35. The molecule has 0 radical (unpaired) electrons. The van der Waals surface area contributed by atoms with Crippen molar-refractivity contribution in [1.82, 2.24) is 8.61 Å². The first-order valence-electron chi connectivity index (χ1n) is 5.95. The Bertz CT molecular complexity index is 530. The second-order valence-electron chi connectivity index (χ2n) is 4.54. The van der Waals surface area contributed by atoms with Gasteiger partial charge in [-0.25, -0.2) is 4.39 Å². The zero-order chi connectivity index (χ0) is 14.0. The van der Waals surface area contributed by atoms with Gasteiger partial charge in [0.15, 0.2) is 0 Å². The van der Waals surface area contributed by atoms with Gasteiger partial charge in [0.25, 0.3) is 10.2 Å². The van der Waals surface area contributed by atoms with Crippen molar-refractivity contribution in [3.05, 3.63) is 35.6 Å². The number of nitrogens with zero attached hydrogens (tertiary/aromatic N) is 2. The van der Waals surface area contributed by atoms with Crippen molar-refractivity contribution < 1.29 is 17.5 Å². The number of ether oxygens (including phenoxy) is 1. The van der Waals surface area contributed by atoms with Crippen molar-refractivity contribution in [3.8, 4) is 0 Å². The van der Waals surface area contributed by atoms with Crippen LogP contribution in [-0.4, -0.2) is 50.9 Å². The van der Waals surface area contributed by atoms with Gasteiger partial charge in [0, 0.05) is 20.6 Å². The maximum Gasteiger partial charge on any atom is 0.282 e. The van der Waals surface area contributed by atoms with E-state index in [0.29, 0.717) is 13.2 Å². The smallest absolute Gasteiger partial charge is 0.282 e. The summed E-state index contributed by atoms with van der Waals surface area (Å²) in [6.07, 6.45) is 0. The average molecular weight is 288 g/mol. The summed E-state index contributed by atoms with van der Waals surface area (Å²) in [5.41, 5.74) is 0.728. The molecule has 1 atom stereocenters. The fraction of sp³-hybridized carbons (Fsp3) is 0.500. The molecule has 5 nitrogen and oxygen atoms in total. The standard InChI is InChI=1S/C12H17FN2O3S/c1-14(2)19(16,17)15-7-8-18-9-12(15)10-3-5-11(13)6-4-10/h3-6,12H,7-9H2,1-2H3. The number of benzene rings is 1. The molecule has 1 aliphatic heterocycles. The van der Waals surface area contributed by atoms with Crippen LogP contribution in [0.1, 0.15) is 11.6 Å². The lowest BCUT2D eigenvalue weighted by atomic mass is 10.1. The molecule has 0 N–H and O–H groups in total. The van der Waals surface area contributed by atoms with Gasteiger partial charge >= 0.3 is 0 Å². The van der Waals surface area contributed by atoms with Gasteiger partial charge in [-0.15, -0.1) is 0 Å². The van der Waals surface area contributed by atoms with E-state index in [4.69, 9.17) is 4.74 Å². The Hall–Kier alpha value is -1.02. The lowest BCUT2D eigenvalue weighted by Gasteiger charge is -2.36. The lowest BCUT2D eigenvalue weighted by molar-refractivity contribution is 0.0299. The summed E-state index contributed by atoms with van der Waals surface area (Å²) in [6, 6.07) is 5.41. The SMILES string of the molecule is CN(C)S(=O)(=O)N1CCOCC1c1ccc(F)cc1. The van der Waals surface area contributed by atoms with Crippen LogP contribution in [0.25, 0.3) is 0 Å². The third-order valence-electron chi connectivity index (χ3n) is 3.09. The Morgan fingerprint density at radius 1 is 1.32 bits per heavy atom. The molecule has 1 aromatic carbocycles. The summed E-state index contributed by atoms with van der Waals surface area (Å²) in [7, 11) is -0.529. The lowest BCUT2D eigenvalue weighted by Crippen LogP contribution is -2.48. The number of rotatable bonds is 3. The van der Waals surface area contributed by atoms with Crippen LogP contribution in [0.5, 0.6) is 0 Å². The van der Waals surface area contributed by atoms with Gasteiger partial charge in [0.1, 0.15) is 5.82 Å². The number of morpholine rings is 1. The first kappa shape index (κ1) is 14.4. The summed E-state index contributed by atoms with van der Waals surface area (Å²) in [4.78, 5) is 0. The molecule has 0 spiro atoms. The molecule has 2 rings (SSSR count). The molecule has 1 heterocycles. The zero-order valence-electron chi connectivity index (χ0n) is 10.9. The van der Waals surface area contributed by atoms with Crippen molar-refractivity contribution in [2.75, 3.05) is 33.9 Å². The Morgan fingerprint density at radius 2 is 1.95 bits per heavy atom. The molecule has 106 valence electrons. The van der Waals surface area contributed by atoms with E-state index >= 15 is 0 Å². The molecule has 1 saturated heterocycles. The highest BCUT2D eigenvalue weighted by molar-refractivity contribution is 7.86. The fourth-order valence-electron chi connectivity index (χ4n) is 2.02. The van der Waals surface area contributed by atoms with Gasteiger partial charge in [-0.1, -0.05) is 12.1 Å². The molecule has 0 amide bonds. The molecule has 1 fully saturated rings. The van der Waals surface area contributed by atoms with Crippen LogP contribution in [0, 0.1) is 5.82 Å². The van der Waals surface area contributed by atoms with E-state index in [1.54, 1.807) is 12.1 Å². The van der Waals surface area contributed by atoms with E-state index < -0.39 is 16.3 Å². The Balaban J connectivity index is 2.33. The highest BCUT2D eigenvalue weighted by atomic mass is 32.2. The van der Waals surface area contributed by atoms with Crippen LogP contribution in [0.15, 0.2) is 24.3 Å². The molecule has 0 aromatic heterocycles. The Morgan fingerprint density at radius 3 is 2.53 bits per heavy atom. The van der Waals surface area contributed by atoms with Crippen LogP contribution in [-0.2, 0) is 14.9 Å². The van der Waals surface area contributed by atoms with Gasteiger partial charge < -0.3 is 4.74 Å². The monoisotopic (exact) mass is 288 g/mol. The maximum atomic E-state index is 12.9. The molecule has 1 unspecified atom stereocenters. The maximum absolute atomic E-state index is 12.9. The average Bonchev–Trinajstić information content (AvgIpc) is 2.39. The van der Waals surface area contributed by atoms with Crippen molar-refractivity contribution >= 4 is 10.2 Å². The van der Waals surface area contributed by atoms with E-state index in [0.717, 1.165) is 5.56 Å². The van der Waals surface area contributed by atoms with Crippen LogP contribution < -0.4 is 0 Å². The topological polar surface area (TPSA) is 49.9 Å². The second-order valence-corrected chi connectivity index (χ2v) is 6.64. The van der Waals surface area contributed by atoms with Crippen molar-refractivity contribution in [2.24, 2.45) is 0 Å². The van der Waals surface area contributed by atoms with Crippen LogP contribution in [0.3, 0.4) is 0 Å². The Kier molecular flexibility index (Phi) is 4.19. The summed E-state index contributed by atoms with van der Waals surface area (Å²) in [5, 5.41) is 0. The minimum Gasteiger partial charge on any atom is -0.378 e. The molecular weight excluding hydrogens is 271 g/mol. The fourth-order valence-corrected chi connectivity index (χ4v) is 3.25.